The summed E-state index contributed by atoms with van der Waals surface area (Å²) in [7, 11) is 2.20. The molecule has 0 unspecified atom stereocenters. The van der Waals surface area contributed by atoms with Gasteiger partial charge in [-0.2, -0.15) is 0 Å². The lowest BCUT2D eigenvalue weighted by Crippen LogP contribution is -2.47. The standard InChI is InChI=1S/C12H26N2/c1-12(2,10-13)14(3)9-8-11-6-4-5-7-11/h11H,4-10,13H2,1-3H3. The fourth-order valence-electron chi connectivity index (χ4n) is 2.13. The van der Waals surface area contributed by atoms with Crippen LogP contribution in [0.25, 0.3) is 0 Å². The Labute approximate surface area is 88.8 Å². The van der Waals surface area contributed by atoms with Gasteiger partial charge in [-0.15, -0.1) is 0 Å². The highest BCUT2D eigenvalue weighted by atomic mass is 15.2. The first kappa shape index (κ1) is 12.0. The monoisotopic (exact) mass is 198 g/mol. The molecular formula is C12H26N2. The third-order valence-corrected chi connectivity index (χ3v) is 3.88. The van der Waals surface area contributed by atoms with E-state index in [1.54, 1.807) is 0 Å². The summed E-state index contributed by atoms with van der Waals surface area (Å²) in [6.45, 7) is 6.40. The van der Waals surface area contributed by atoms with E-state index in [-0.39, 0.29) is 5.54 Å². The Morgan fingerprint density at radius 1 is 1.29 bits per heavy atom. The second-order valence-electron chi connectivity index (χ2n) is 5.38. The van der Waals surface area contributed by atoms with Crippen LogP contribution in [0, 0.1) is 5.92 Å². The molecule has 0 amide bonds. The molecule has 0 atom stereocenters. The van der Waals surface area contributed by atoms with Crippen LogP contribution in [0.3, 0.4) is 0 Å². The molecule has 1 saturated carbocycles. The minimum Gasteiger partial charge on any atom is -0.329 e. The summed E-state index contributed by atoms with van der Waals surface area (Å²) in [5.74, 6) is 0.992. The van der Waals surface area contributed by atoms with E-state index in [1.807, 2.05) is 0 Å². The second-order valence-corrected chi connectivity index (χ2v) is 5.38. The Kier molecular flexibility index (Phi) is 4.39. The zero-order chi connectivity index (χ0) is 10.6. The number of likely N-dealkylation sites (N-methyl/N-ethyl adjacent to an activating group) is 1. The van der Waals surface area contributed by atoms with Crippen molar-refractivity contribution in [3.63, 3.8) is 0 Å². The van der Waals surface area contributed by atoms with Gasteiger partial charge in [0, 0.05) is 12.1 Å². The highest BCUT2D eigenvalue weighted by Crippen LogP contribution is 2.28. The van der Waals surface area contributed by atoms with Gasteiger partial charge in [-0.25, -0.2) is 0 Å². The topological polar surface area (TPSA) is 29.3 Å². The first-order chi connectivity index (χ1) is 6.56. The van der Waals surface area contributed by atoms with Gasteiger partial charge >= 0.3 is 0 Å². The fourth-order valence-corrected chi connectivity index (χ4v) is 2.13. The van der Waals surface area contributed by atoms with E-state index in [0.717, 1.165) is 12.5 Å². The van der Waals surface area contributed by atoms with Crippen LogP contribution >= 0.6 is 0 Å². The minimum atomic E-state index is 0.165. The zero-order valence-electron chi connectivity index (χ0n) is 10.1. The Morgan fingerprint density at radius 3 is 2.36 bits per heavy atom. The molecule has 2 nitrogen and oxygen atoms in total. The van der Waals surface area contributed by atoms with Gasteiger partial charge in [0.25, 0.3) is 0 Å². The molecule has 1 aliphatic carbocycles. The molecule has 0 aromatic rings. The molecule has 1 fully saturated rings. The molecule has 0 radical (unpaired) electrons. The molecule has 0 saturated heterocycles. The number of nitrogens with zero attached hydrogens (tertiary/aromatic N) is 1. The smallest absolute Gasteiger partial charge is 0.0272 e. The third-order valence-electron chi connectivity index (χ3n) is 3.88. The van der Waals surface area contributed by atoms with Crippen molar-refractivity contribution < 1.29 is 0 Å². The lowest BCUT2D eigenvalue weighted by molar-refractivity contribution is 0.153. The summed E-state index contributed by atoms with van der Waals surface area (Å²) < 4.78 is 0. The average Bonchev–Trinajstić information content (AvgIpc) is 2.66. The van der Waals surface area contributed by atoms with Crippen molar-refractivity contribution in [1.82, 2.24) is 4.90 Å². The zero-order valence-corrected chi connectivity index (χ0v) is 10.1. The van der Waals surface area contributed by atoms with Gasteiger partial charge in [0.05, 0.1) is 0 Å². The van der Waals surface area contributed by atoms with E-state index in [2.05, 4.69) is 25.8 Å². The normalized spacial score (nSPS) is 19.5. The van der Waals surface area contributed by atoms with Crippen molar-refractivity contribution in [2.75, 3.05) is 20.1 Å². The second kappa shape index (κ2) is 5.13. The van der Waals surface area contributed by atoms with E-state index in [4.69, 9.17) is 5.73 Å². The number of rotatable bonds is 5. The van der Waals surface area contributed by atoms with Crippen molar-refractivity contribution >= 4 is 0 Å². The number of hydrogen-bond acceptors (Lipinski definition) is 2. The van der Waals surface area contributed by atoms with Gasteiger partial charge in [-0.05, 0) is 39.8 Å². The highest BCUT2D eigenvalue weighted by molar-refractivity contribution is 4.80. The molecule has 1 aliphatic rings. The van der Waals surface area contributed by atoms with Gasteiger partial charge < -0.3 is 5.73 Å². The van der Waals surface area contributed by atoms with Crippen LogP contribution in [0.2, 0.25) is 0 Å². The molecular weight excluding hydrogens is 172 g/mol. The molecule has 0 bridgehead atoms. The summed E-state index contributed by atoms with van der Waals surface area (Å²) in [5, 5.41) is 0. The van der Waals surface area contributed by atoms with Crippen molar-refractivity contribution in [3.05, 3.63) is 0 Å². The van der Waals surface area contributed by atoms with Crippen LogP contribution < -0.4 is 5.73 Å². The Balaban J connectivity index is 2.22. The maximum atomic E-state index is 5.75. The predicted molar refractivity (Wildman–Crippen MR) is 62.3 cm³/mol. The minimum absolute atomic E-state index is 0.165. The van der Waals surface area contributed by atoms with Crippen molar-refractivity contribution in [2.45, 2.75) is 51.5 Å². The summed E-state index contributed by atoms with van der Waals surface area (Å²) in [4.78, 5) is 2.41. The van der Waals surface area contributed by atoms with E-state index in [1.165, 1.54) is 38.6 Å². The largest absolute Gasteiger partial charge is 0.329 e. The molecule has 0 aromatic heterocycles. The van der Waals surface area contributed by atoms with Crippen LogP contribution in [-0.2, 0) is 0 Å². The van der Waals surface area contributed by atoms with Crippen LogP contribution in [0.15, 0.2) is 0 Å². The van der Waals surface area contributed by atoms with Crippen LogP contribution in [0.4, 0.5) is 0 Å². The number of hydrogen-bond donors (Lipinski definition) is 1. The summed E-state index contributed by atoms with van der Waals surface area (Å²) in [5.41, 5.74) is 5.91. The molecule has 0 heterocycles. The van der Waals surface area contributed by atoms with Gasteiger partial charge in [0.1, 0.15) is 0 Å². The van der Waals surface area contributed by atoms with E-state index in [9.17, 15) is 0 Å². The van der Waals surface area contributed by atoms with E-state index in [0.29, 0.717) is 0 Å². The molecule has 2 heteroatoms. The van der Waals surface area contributed by atoms with Crippen molar-refractivity contribution in [3.8, 4) is 0 Å². The van der Waals surface area contributed by atoms with Crippen LogP contribution in [0.1, 0.15) is 46.0 Å². The maximum Gasteiger partial charge on any atom is 0.0272 e. The van der Waals surface area contributed by atoms with Gasteiger partial charge in [0.15, 0.2) is 0 Å². The summed E-state index contributed by atoms with van der Waals surface area (Å²) in [6.07, 6.45) is 7.18. The molecule has 84 valence electrons. The third kappa shape index (κ3) is 3.25. The first-order valence-electron chi connectivity index (χ1n) is 5.97. The van der Waals surface area contributed by atoms with Gasteiger partial charge in [0.2, 0.25) is 0 Å². The molecule has 0 aromatic carbocycles. The van der Waals surface area contributed by atoms with Crippen molar-refractivity contribution in [2.24, 2.45) is 11.7 Å². The Morgan fingerprint density at radius 2 is 1.86 bits per heavy atom. The van der Waals surface area contributed by atoms with Gasteiger partial charge in [-0.3, -0.25) is 4.90 Å². The van der Waals surface area contributed by atoms with E-state index >= 15 is 0 Å². The lowest BCUT2D eigenvalue weighted by atomic mass is 10.00. The first-order valence-corrected chi connectivity index (χ1v) is 5.97. The maximum absolute atomic E-state index is 5.75. The molecule has 0 aliphatic heterocycles. The molecule has 2 N–H and O–H groups in total. The predicted octanol–water partition coefficient (Wildman–Crippen LogP) is 2.24. The lowest BCUT2D eigenvalue weighted by Gasteiger charge is -2.35. The Bertz CT molecular complexity index is 160. The fraction of sp³-hybridized carbons (Fsp3) is 1.00. The number of nitrogens with two attached hydrogens (primary N) is 1. The SMILES string of the molecule is CN(CCC1CCCC1)C(C)(C)CN. The van der Waals surface area contributed by atoms with Crippen LogP contribution in [0.5, 0.6) is 0 Å². The highest BCUT2D eigenvalue weighted by Gasteiger charge is 2.23. The molecule has 14 heavy (non-hydrogen) atoms. The molecule has 1 rings (SSSR count). The summed E-state index contributed by atoms with van der Waals surface area (Å²) in [6, 6.07) is 0. The average molecular weight is 198 g/mol. The summed E-state index contributed by atoms with van der Waals surface area (Å²) >= 11 is 0. The van der Waals surface area contributed by atoms with Crippen molar-refractivity contribution in [1.29, 1.82) is 0 Å². The quantitative estimate of drug-likeness (QED) is 0.734. The Hall–Kier alpha value is -0.0800. The van der Waals surface area contributed by atoms with E-state index < -0.39 is 0 Å². The van der Waals surface area contributed by atoms with Crippen LogP contribution in [-0.4, -0.2) is 30.6 Å². The van der Waals surface area contributed by atoms with Gasteiger partial charge in [-0.1, -0.05) is 25.7 Å². The molecule has 0 spiro atoms.